The highest BCUT2D eigenvalue weighted by Crippen LogP contribution is 2.40. The van der Waals surface area contributed by atoms with E-state index in [0.717, 1.165) is 65.7 Å². The second-order valence-corrected chi connectivity index (χ2v) is 13.4. The number of amides is 2. The minimum Gasteiger partial charge on any atom is -0.444 e. The number of imidazole rings is 1. The Balaban J connectivity index is 0.00000130. The number of aliphatic hydroxyl groups excluding tert-OH is 1. The minimum absolute atomic E-state index is 0.00946. The third-order valence-electron chi connectivity index (χ3n) is 8.71. The van der Waals surface area contributed by atoms with Crippen LogP contribution in [0.3, 0.4) is 0 Å². The van der Waals surface area contributed by atoms with Crippen molar-refractivity contribution < 1.29 is 19.4 Å². The molecule has 1 saturated heterocycles. The topological polar surface area (TPSA) is 125 Å². The Morgan fingerprint density at radius 1 is 1.00 bits per heavy atom. The van der Waals surface area contributed by atoms with E-state index >= 15 is 0 Å². The molecule has 3 unspecified atom stereocenters. The number of hydrogen-bond acceptors (Lipinski definition) is 8. The normalized spacial score (nSPS) is 18.2. The van der Waals surface area contributed by atoms with Crippen molar-refractivity contribution in [3.05, 3.63) is 54.2 Å². The van der Waals surface area contributed by atoms with Gasteiger partial charge in [0.25, 0.3) is 0 Å². The first-order valence-corrected chi connectivity index (χ1v) is 17.9. The molecule has 2 N–H and O–H groups in total. The van der Waals surface area contributed by atoms with Crippen LogP contribution in [0, 0.1) is 18.8 Å². The Hall–Kier alpha value is -4.09. The van der Waals surface area contributed by atoms with Crippen LogP contribution >= 0.6 is 0 Å². The van der Waals surface area contributed by atoms with E-state index in [9.17, 15) is 14.7 Å². The fraction of sp³-hybridized carbons (Fsp3) is 0.553. The maximum Gasteiger partial charge on any atom is 0.410 e. The van der Waals surface area contributed by atoms with Gasteiger partial charge in [-0.1, -0.05) is 41.0 Å². The van der Waals surface area contributed by atoms with Gasteiger partial charge in [0.2, 0.25) is 5.91 Å². The number of aliphatic hydroxyl groups is 1. The largest absolute Gasteiger partial charge is 0.444 e. The SMILES string of the molecule is CC.CC.CCCC(O)c1cc(C)c(-c2cc3cnc(NC(=O)C4CC4CN4CCN(C(=O)OC(C)(C)C)CC4)cc3n3ccnc23)cn1. The zero-order valence-electron chi connectivity index (χ0n) is 30.8. The van der Waals surface area contributed by atoms with Crippen LogP contribution in [0.25, 0.3) is 27.7 Å². The molecule has 4 aromatic rings. The van der Waals surface area contributed by atoms with Crippen molar-refractivity contribution in [1.82, 2.24) is 29.2 Å². The molecule has 0 radical (unpaired) electrons. The molecule has 5 heterocycles. The maximum absolute atomic E-state index is 13.2. The first-order valence-electron chi connectivity index (χ1n) is 17.9. The number of aryl methyl sites for hydroxylation is 1. The van der Waals surface area contributed by atoms with Gasteiger partial charge in [-0.05, 0) is 64.2 Å². The number of nitrogens with one attached hydrogen (secondary N) is 1. The van der Waals surface area contributed by atoms with Crippen LogP contribution in [0.1, 0.15) is 92.0 Å². The number of piperazine rings is 1. The van der Waals surface area contributed by atoms with E-state index in [1.165, 1.54) is 0 Å². The smallest absolute Gasteiger partial charge is 0.410 e. The van der Waals surface area contributed by atoms with Gasteiger partial charge in [0.15, 0.2) is 0 Å². The summed E-state index contributed by atoms with van der Waals surface area (Å²) in [6.45, 7) is 21.4. The van der Waals surface area contributed by atoms with Crippen molar-refractivity contribution in [2.75, 3.05) is 38.0 Å². The van der Waals surface area contributed by atoms with Crippen LogP contribution in [0.2, 0.25) is 0 Å². The van der Waals surface area contributed by atoms with Gasteiger partial charge >= 0.3 is 6.09 Å². The lowest BCUT2D eigenvalue weighted by Gasteiger charge is -2.35. The van der Waals surface area contributed by atoms with Crippen LogP contribution in [0.15, 0.2) is 43.0 Å². The molecular weight excluding hydrogens is 618 g/mol. The summed E-state index contributed by atoms with van der Waals surface area (Å²) in [6.07, 6.45) is 8.85. The van der Waals surface area contributed by atoms with Crippen LogP contribution in [0.5, 0.6) is 0 Å². The van der Waals surface area contributed by atoms with Gasteiger partial charge in [-0.15, -0.1) is 0 Å². The summed E-state index contributed by atoms with van der Waals surface area (Å²) in [4.78, 5) is 43.4. The summed E-state index contributed by atoms with van der Waals surface area (Å²) < 4.78 is 7.51. The average Bonchev–Trinajstić information content (AvgIpc) is 3.67. The first kappa shape index (κ1) is 37.7. The minimum atomic E-state index is -0.573. The first-order chi connectivity index (χ1) is 23.5. The monoisotopic (exact) mass is 673 g/mol. The second-order valence-electron chi connectivity index (χ2n) is 13.4. The van der Waals surface area contributed by atoms with Crippen molar-refractivity contribution >= 4 is 34.4 Å². The van der Waals surface area contributed by atoms with Gasteiger partial charge in [-0.25, -0.2) is 14.8 Å². The van der Waals surface area contributed by atoms with Gasteiger partial charge in [-0.2, -0.15) is 0 Å². The van der Waals surface area contributed by atoms with Crippen LogP contribution < -0.4 is 5.32 Å². The molecule has 49 heavy (non-hydrogen) atoms. The summed E-state index contributed by atoms with van der Waals surface area (Å²) in [5, 5.41) is 14.4. The lowest BCUT2D eigenvalue weighted by atomic mass is 10.00. The lowest BCUT2D eigenvalue weighted by Crippen LogP contribution is -2.50. The Morgan fingerprint density at radius 3 is 2.37 bits per heavy atom. The molecule has 1 aliphatic carbocycles. The number of ether oxygens (including phenoxy) is 1. The Labute approximate surface area is 291 Å². The predicted octanol–water partition coefficient (Wildman–Crippen LogP) is 7.27. The standard InChI is InChI=1S/C34H43N7O4.2C2H6/c1-6-7-29(42)27-14-21(2)26(19-36-27)25-15-22-18-37-30(17-28(22)41-9-8-35-31(25)41)38-32(43)24-16-23(24)20-39-10-12-40(13-11-39)33(44)45-34(3,4)5;2*1-2/h8-9,14-15,17-19,23-24,29,42H,6-7,10-13,16,20H2,1-5H3,(H,37,38,43);2*1-2H3. The highest BCUT2D eigenvalue weighted by Gasteiger charge is 2.44. The number of hydrogen-bond donors (Lipinski definition) is 2. The highest BCUT2D eigenvalue weighted by atomic mass is 16.6. The number of pyridine rings is 3. The summed E-state index contributed by atoms with van der Waals surface area (Å²) in [5.74, 6) is 0.757. The molecule has 2 fully saturated rings. The van der Waals surface area contributed by atoms with Gasteiger partial charge in [0.1, 0.15) is 17.1 Å². The molecule has 0 spiro atoms. The summed E-state index contributed by atoms with van der Waals surface area (Å²) in [5.41, 5.74) is 4.75. The Bertz CT molecular complexity index is 1720. The van der Waals surface area contributed by atoms with E-state index in [0.29, 0.717) is 36.9 Å². The van der Waals surface area contributed by atoms with Crippen molar-refractivity contribution in [3.8, 4) is 11.1 Å². The van der Waals surface area contributed by atoms with Crippen LogP contribution in [-0.4, -0.2) is 84.6 Å². The maximum atomic E-state index is 13.2. The zero-order chi connectivity index (χ0) is 35.9. The number of nitrogens with zero attached hydrogens (tertiary/aromatic N) is 6. The highest BCUT2D eigenvalue weighted by molar-refractivity contribution is 5.97. The number of fused-ring (bicyclic) bond motifs is 3. The summed E-state index contributed by atoms with van der Waals surface area (Å²) >= 11 is 0. The lowest BCUT2D eigenvalue weighted by molar-refractivity contribution is -0.117. The third kappa shape index (κ3) is 9.13. The molecule has 0 bridgehead atoms. The quantitative estimate of drug-likeness (QED) is 0.200. The third-order valence-corrected chi connectivity index (χ3v) is 8.71. The molecule has 6 rings (SSSR count). The van der Waals surface area contributed by atoms with Crippen LogP contribution in [0.4, 0.5) is 10.6 Å². The van der Waals surface area contributed by atoms with Crippen molar-refractivity contribution in [2.24, 2.45) is 11.8 Å². The molecule has 1 aliphatic heterocycles. The number of aromatic nitrogens is 4. The second kappa shape index (κ2) is 16.5. The molecule has 11 heteroatoms. The van der Waals surface area contributed by atoms with Gasteiger partial charge in [0, 0.05) is 86.0 Å². The molecule has 1 saturated carbocycles. The molecule has 3 atom stereocenters. The molecule has 2 amide bonds. The fourth-order valence-electron chi connectivity index (χ4n) is 6.18. The van der Waals surface area contributed by atoms with E-state index in [1.54, 1.807) is 17.3 Å². The summed E-state index contributed by atoms with van der Waals surface area (Å²) in [7, 11) is 0. The van der Waals surface area contributed by atoms with Crippen LogP contribution in [-0.2, 0) is 9.53 Å². The van der Waals surface area contributed by atoms with Crippen molar-refractivity contribution in [1.29, 1.82) is 0 Å². The predicted molar refractivity (Wildman–Crippen MR) is 195 cm³/mol. The average molecular weight is 674 g/mol. The molecule has 0 aromatic carbocycles. The Kier molecular flexibility index (Phi) is 12.7. The molecule has 266 valence electrons. The number of carbonyl (C=O) groups excluding carboxylic acids is 2. The molecule has 4 aromatic heterocycles. The van der Waals surface area contributed by atoms with Gasteiger partial charge in [0.05, 0.1) is 17.3 Å². The van der Waals surface area contributed by atoms with E-state index in [-0.39, 0.29) is 17.9 Å². The van der Waals surface area contributed by atoms with Crippen molar-refractivity contribution in [3.63, 3.8) is 0 Å². The van der Waals surface area contributed by atoms with E-state index in [4.69, 9.17) is 4.74 Å². The molecule has 2 aliphatic rings. The van der Waals surface area contributed by atoms with E-state index in [1.807, 2.05) is 91.2 Å². The fourth-order valence-corrected chi connectivity index (χ4v) is 6.18. The van der Waals surface area contributed by atoms with Crippen molar-refractivity contribution in [2.45, 2.75) is 93.3 Å². The van der Waals surface area contributed by atoms with E-state index in [2.05, 4.69) is 31.2 Å². The molecular formula is C38H55N7O4. The van der Waals surface area contributed by atoms with Gasteiger partial charge < -0.3 is 20.1 Å². The zero-order valence-corrected chi connectivity index (χ0v) is 30.8. The molecule has 11 nitrogen and oxygen atoms in total. The number of rotatable bonds is 8. The van der Waals surface area contributed by atoms with E-state index < -0.39 is 11.7 Å². The van der Waals surface area contributed by atoms with Gasteiger partial charge in [-0.3, -0.25) is 19.1 Å². The Morgan fingerprint density at radius 2 is 1.71 bits per heavy atom. The number of anilines is 1. The number of carbonyl (C=O) groups is 2. The summed E-state index contributed by atoms with van der Waals surface area (Å²) in [6, 6.07) is 5.90.